The number of nitrogen functional groups attached to an aromatic ring is 1. The normalized spacial score (nSPS) is 10.0. The molecule has 0 radical (unpaired) electrons. The van der Waals surface area contributed by atoms with Gasteiger partial charge in [0.05, 0.1) is 5.56 Å². The highest BCUT2D eigenvalue weighted by Gasteiger charge is 2.10. The number of amides is 1. The first-order valence-corrected chi connectivity index (χ1v) is 6.69. The Kier molecular flexibility index (Phi) is 5.43. The minimum atomic E-state index is -0.399. The average molecular weight is 307 g/mol. The minimum Gasteiger partial charge on any atom is -0.490 e. The molecule has 3 N–H and O–H groups in total. The van der Waals surface area contributed by atoms with Crippen molar-refractivity contribution in [2.75, 3.05) is 13.2 Å². The minimum absolute atomic E-state index is 0.303. The number of carbonyl (C=O) groups excluding carboxylic acids is 1. The Hall–Kier alpha value is -2.24. The second-order valence-corrected chi connectivity index (χ2v) is 4.56. The molecule has 110 valence electrons. The van der Waals surface area contributed by atoms with Crippen molar-refractivity contribution in [1.29, 1.82) is 0 Å². The van der Waals surface area contributed by atoms with Crippen LogP contribution in [0.2, 0.25) is 5.02 Å². The molecule has 0 saturated carbocycles. The van der Waals surface area contributed by atoms with Gasteiger partial charge in [0.25, 0.3) is 5.91 Å². The van der Waals surface area contributed by atoms with Gasteiger partial charge in [-0.05, 0) is 36.4 Å². The summed E-state index contributed by atoms with van der Waals surface area (Å²) in [6, 6.07) is 13.9. The maximum Gasteiger partial charge on any atom is 0.268 e. The lowest BCUT2D eigenvalue weighted by Crippen LogP contribution is -2.30. The Morgan fingerprint density at radius 1 is 1.05 bits per heavy atom. The van der Waals surface area contributed by atoms with Gasteiger partial charge in [0.15, 0.2) is 0 Å². The largest absolute Gasteiger partial charge is 0.490 e. The summed E-state index contributed by atoms with van der Waals surface area (Å²) in [7, 11) is 0. The average Bonchev–Trinajstić information content (AvgIpc) is 2.53. The van der Waals surface area contributed by atoms with Gasteiger partial charge in [-0.25, -0.2) is 5.84 Å². The molecule has 21 heavy (non-hydrogen) atoms. The zero-order valence-corrected chi connectivity index (χ0v) is 12.0. The van der Waals surface area contributed by atoms with E-state index in [0.717, 1.165) is 0 Å². The van der Waals surface area contributed by atoms with E-state index in [9.17, 15) is 4.79 Å². The molecule has 0 aliphatic carbocycles. The third-order valence-electron chi connectivity index (χ3n) is 2.69. The van der Waals surface area contributed by atoms with E-state index in [-0.39, 0.29) is 0 Å². The molecule has 2 rings (SSSR count). The highest BCUT2D eigenvalue weighted by atomic mass is 35.5. The van der Waals surface area contributed by atoms with Crippen LogP contribution in [-0.4, -0.2) is 19.1 Å². The Labute approximate surface area is 127 Å². The number of nitrogens with one attached hydrogen (secondary N) is 1. The van der Waals surface area contributed by atoms with Crippen LogP contribution in [0.5, 0.6) is 11.5 Å². The molecule has 2 aromatic rings. The van der Waals surface area contributed by atoms with Gasteiger partial charge in [0, 0.05) is 5.02 Å². The maximum absolute atomic E-state index is 11.6. The van der Waals surface area contributed by atoms with E-state index >= 15 is 0 Å². The molecule has 0 bridgehead atoms. The Balaban J connectivity index is 1.86. The lowest BCUT2D eigenvalue weighted by atomic mass is 10.2. The van der Waals surface area contributed by atoms with E-state index in [2.05, 4.69) is 5.43 Å². The van der Waals surface area contributed by atoms with E-state index < -0.39 is 5.91 Å². The quantitative estimate of drug-likeness (QED) is 0.372. The van der Waals surface area contributed by atoms with Crippen molar-refractivity contribution < 1.29 is 14.3 Å². The van der Waals surface area contributed by atoms with Crippen molar-refractivity contribution in [3.8, 4) is 11.5 Å². The second-order valence-electron chi connectivity index (χ2n) is 4.12. The highest BCUT2D eigenvalue weighted by molar-refractivity contribution is 6.30. The standard InChI is InChI=1S/C15H15ClN2O3/c16-11-5-7-12(8-6-11)20-9-10-21-14-4-2-1-3-13(14)15(19)18-17/h1-8H,9-10,17H2,(H,18,19). The maximum atomic E-state index is 11.6. The van der Waals surface area contributed by atoms with Crippen molar-refractivity contribution in [1.82, 2.24) is 5.43 Å². The number of rotatable bonds is 6. The van der Waals surface area contributed by atoms with Crippen LogP contribution >= 0.6 is 11.6 Å². The number of benzene rings is 2. The van der Waals surface area contributed by atoms with Crippen molar-refractivity contribution in [3.63, 3.8) is 0 Å². The van der Waals surface area contributed by atoms with Crippen LogP contribution in [-0.2, 0) is 0 Å². The van der Waals surface area contributed by atoms with E-state index in [1.165, 1.54) is 0 Å². The van der Waals surface area contributed by atoms with Gasteiger partial charge in [-0.3, -0.25) is 10.2 Å². The molecule has 6 heteroatoms. The van der Waals surface area contributed by atoms with E-state index in [1.807, 2.05) is 0 Å². The number of carbonyl (C=O) groups is 1. The van der Waals surface area contributed by atoms with Crippen molar-refractivity contribution in [2.24, 2.45) is 5.84 Å². The molecule has 0 aliphatic heterocycles. The van der Waals surface area contributed by atoms with Crippen LogP contribution in [0.1, 0.15) is 10.4 Å². The molecule has 0 atom stereocenters. The number of hydrogen-bond acceptors (Lipinski definition) is 4. The van der Waals surface area contributed by atoms with Crippen LogP contribution < -0.4 is 20.7 Å². The number of hydrogen-bond donors (Lipinski definition) is 2. The Bertz CT molecular complexity index is 602. The number of hydrazine groups is 1. The van der Waals surface area contributed by atoms with E-state index in [0.29, 0.717) is 35.3 Å². The molecule has 2 aromatic carbocycles. The van der Waals surface area contributed by atoms with Crippen LogP contribution in [0.15, 0.2) is 48.5 Å². The van der Waals surface area contributed by atoms with Crippen LogP contribution in [0.3, 0.4) is 0 Å². The molecule has 5 nitrogen and oxygen atoms in total. The van der Waals surface area contributed by atoms with Gasteiger partial charge in [-0.2, -0.15) is 0 Å². The smallest absolute Gasteiger partial charge is 0.268 e. The zero-order valence-electron chi connectivity index (χ0n) is 11.2. The fourth-order valence-corrected chi connectivity index (χ4v) is 1.83. The molecule has 0 heterocycles. The topological polar surface area (TPSA) is 73.6 Å². The molecular weight excluding hydrogens is 292 g/mol. The summed E-state index contributed by atoms with van der Waals surface area (Å²) in [6.07, 6.45) is 0. The monoisotopic (exact) mass is 306 g/mol. The summed E-state index contributed by atoms with van der Waals surface area (Å²) in [6.45, 7) is 0.650. The van der Waals surface area contributed by atoms with Gasteiger partial charge in [0.1, 0.15) is 24.7 Å². The van der Waals surface area contributed by atoms with Crippen LogP contribution in [0, 0.1) is 0 Å². The van der Waals surface area contributed by atoms with Gasteiger partial charge in [0.2, 0.25) is 0 Å². The van der Waals surface area contributed by atoms with Crippen LogP contribution in [0.25, 0.3) is 0 Å². The second kappa shape index (κ2) is 7.52. The number of nitrogens with two attached hydrogens (primary N) is 1. The fourth-order valence-electron chi connectivity index (χ4n) is 1.70. The fraction of sp³-hybridized carbons (Fsp3) is 0.133. The van der Waals surface area contributed by atoms with Gasteiger partial charge >= 0.3 is 0 Å². The van der Waals surface area contributed by atoms with E-state index in [4.69, 9.17) is 26.9 Å². The summed E-state index contributed by atoms with van der Waals surface area (Å²) in [5.74, 6) is 5.89. The first kappa shape index (κ1) is 15.2. The third kappa shape index (κ3) is 4.37. The SMILES string of the molecule is NNC(=O)c1ccccc1OCCOc1ccc(Cl)cc1. The zero-order chi connectivity index (χ0) is 15.1. The summed E-state index contributed by atoms with van der Waals surface area (Å²) in [4.78, 5) is 11.6. The number of ether oxygens (including phenoxy) is 2. The molecule has 0 fully saturated rings. The molecule has 1 amide bonds. The van der Waals surface area contributed by atoms with Crippen LogP contribution in [0.4, 0.5) is 0 Å². The highest BCUT2D eigenvalue weighted by Crippen LogP contribution is 2.18. The lowest BCUT2D eigenvalue weighted by molar-refractivity contribution is 0.0948. The summed E-state index contributed by atoms with van der Waals surface area (Å²) >= 11 is 5.79. The third-order valence-corrected chi connectivity index (χ3v) is 2.94. The van der Waals surface area contributed by atoms with E-state index in [1.54, 1.807) is 48.5 Å². The van der Waals surface area contributed by atoms with Crippen molar-refractivity contribution in [2.45, 2.75) is 0 Å². The van der Waals surface area contributed by atoms with Crippen molar-refractivity contribution in [3.05, 3.63) is 59.1 Å². The first-order chi connectivity index (χ1) is 10.2. The number of para-hydroxylation sites is 1. The Morgan fingerprint density at radius 2 is 1.71 bits per heavy atom. The van der Waals surface area contributed by atoms with Crippen molar-refractivity contribution >= 4 is 17.5 Å². The van der Waals surface area contributed by atoms with Gasteiger partial charge < -0.3 is 9.47 Å². The lowest BCUT2D eigenvalue weighted by Gasteiger charge is -2.11. The predicted octanol–water partition coefficient (Wildman–Crippen LogP) is 2.40. The molecular formula is C15H15ClN2O3. The summed E-state index contributed by atoms with van der Waals surface area (Å²) in [5, 5.41) is 0.653. The predicted molar refractivity (Wildman–Crippen MR) is 80.5 cm³/mol. The van der Waals surface area contributed by atoms with Gasteiger partial charge in [-0.15, -0.1) is 0 Å². The molecule has 0 aromatic heterocycles. The Morgan fingerprint density at radius 3 is 2.43 bits per heavy atom. The summed E-state index contributed by atoms with van der Waals surface area (Å²) < 4.78 is 11.0. The number of halogens is 1. The molecule has 0 aliphatic rings. The molecule has 0 spiro atoms. The molecule has 0 unspecified atom stereocenters. The first-order valence-electron chi connectivity index (χ1n) is 6.32. The molecule has 0 saturated heterocycles. The summed E-state index contributed by atoms with van der Waals surface area (Å²) in [5.41, 5.74) is 2.46. The van der Waals surface area contributed by atoms with Gasteiger partial charge in [-0.1, -0.05) is 23.7 Å².